The average Bonchev–Trinajstić information content (AvgIpc) is 3.73. The number of nitrogens with zero attached hydrogens (tertiary/aromatic N) is 5. The van der Waals surface area contributed by atoms with Crippen molar-refractivity contribution in [3.63, 3.8) is 0 Å². The van der Waals surface area contributed by atoms with Crippen LogP contribution in [-0.4, -0.2) is 175 Å². The van der Waals surface area contributed by atoms with Crippen LogP contribution in [0.2, 0.25) is 0 Å². The van der Waals surface area contributed by atoms with Gasteiger partial charge in [0.2, 0.25) is 0 Å². The fourth-order valence-corrected chi connectivity index (χ4v) is 11.3. The van der Waals surface area contributed by atoms with Crippen molar-refractivity contribution >= 4 is 5.97 Å². The van der Waals surface area contributed by atoms with Gasteiger partial charge in [-0.15, -0.1) is 5.10 Å². The largest absolute Gasteiger partial charge is 0.459 e. The summed E-state index contributed by atoms with van der Waals surface area (Å²) in [6.07, 6.45) is -3.15. The number of cyclic esters (lactones) is 1. The minimum atomic E-state index is -1.81. The highest BCUT2D eigenvalue weighted by molar-refractivity contribution is 5.73. The molecule has 2 aromatic rings. The number of halogens is 1. The van der Waals surface area contributed by atoms with Crippen LogP contribution in [0.15, 0.2) is 30.5 Å². The van der Waals surface area contributed by atoms with Crippen LogP contribution >= 0.6 is 0 Å². The summed E-state index contributed by atoms with van der Waals surface area (Å²) < 4.78 is 47.3. The minimum Gasteiger partial charge on any atom is -0.459 e. The van der Waals surface area contributed by atoms with Crippen LogP contribution in [0.25, 0.3) is 0 Å². The molecule has 1 unspecified atom stereocenters. The summed E-state index contributed by atoms with van der Waals surface area (Å²) in [5.74, 6) is -3.36. The molecule has 67 heavy (non-hydrogen) atoms. The standard InChI is InChI=1S/C50H84FN5O11/c1-14-40-50(10,62)43(58)33(6)55(12)27-29(2)25-48(8,61)45(31(4)41(32(5)46(60)66-40)39-26-49(9,63-13)44(59)34(7)65-39)67-47-42(57)38(24-30(3)64-47)54(11)22-15-16-37-28-56(53-52-37)23-21-35-17-19-36(51)20-18-35/h17-20,28-34,38-45,47,57-59,61-62H,14-16,21-27H2,1-13H3/t29-,30-,31+,32-,33-,34+,38+,39-,40-,41?,42-,43-,44+,45-,47+,48-,49-,50-/m1/s1. The lowest BCUT2D eigenvalue weighted by Gasteiger charge is -2.51. The quantitative estimate of drug-likeness (QED) is 0.179. The minimum absolute atomic E-state index is 0.164. The normalized spacial score (nSPS) is 41.1. The Labute approximate surface area is 398 Å². The molecule has 17 heteroatoms. The molecule has 16 nitrogen and oxygen atoms in total. The van der Waals surface area contributed by atoms with E-state index in [1.165, 1.54) is 26.2 Å². The van der Waals surface area contributed by atoms with Crippen LogP contribution in [0.5, 0.6) is 0 Å². The first kappa shape index (κ1) is 55.2. The predicted octanol–water partition coefficient (Wildman–Crippen LogP) is 4.15. The molecule has 1 aromatic carbocycles. The summed E-state index contributed by atoms with van der Waals surface area (Å²) >= 11 is 0. The van der Waals surface area contributed by atoms with Gasteiger partial charge < -0.3 is 59.0 Å². The van der Waals surface area contributed by atoms with Crippen molar-refractivity contribution in [1.29, 1.82) is 0 Å². The molecule has 0 aliphatic carbocycles. The molecule has 0 amide bonds. The van der Waals surface area contributed by atoms with Gasteiger partial charge in [-0.3, -0.25) is 9.48 Å². The van der Waals surface area contributed by atoms with Crippen molar-refractivity contribution < 1.29 is 58.4 Å². The van der Waals surface area contributed by atoms with Crippen LogP contribution in [0.1, 0.15) is 113 Å². The number of rotatable bonds is 13. The van der Waals surface area contributed by atoms with Crippen molar-refractivity contribution in [1.82, 2.24) is 24.8 Å². The average molecular weight is 950 g/mol. The van der Waals surface area contributed by atoms with Gasteiger partial charge in [-0.25, -0.2) is 4.39 Å². The Morgan fingerprint density at radius 2 is 1.64 bits per heavy atom. The van der Waals surface area contributed by atoms with Gasteiger partial charge in [0.1, 0.15) is 35.8 Å². The third-order valence-corrected chi connectivity index (χ3v) is 15.5. The van der Waals surface area contributed by atoms with Crippen molar-refractivity contribution in [2.24, 2.45) is 23.7 Å². The lowest BCUT2D eigenvalue weighted by Crippen LogP contribution is -2.62. The van der Waals surface area contributed by atoms with Crippen molar-refractivity contribution in [2.45, 2.75) is 205 Å². The zero-order chi connectivity index (χ0) is 49.8. The number of methoxy groups -OCH3 is 1. The maximum atomic E-state index is 14.6. The van der Waals surface area contributed by atoms with E-state index >= 15 is 0 Å². The van der Waals surface area contributed by atoms with E-state index in [1.54, 1.807) is 44.5 Å². The van der Waals surface area contributed by atoms with E-state index in [2.05, 4.69) is 15.2 Å². The van der Waals surface area contributed by atoms with Gasteiger partial charge in [0.15, 0.2) is 6.29 Å². The topological polar surface area (TPSA) is 202 Å². The van der Waals surface area contributed by atoms with Gasteiger partial charge in [0.05, 0.1) is 47.2 Å². The number of aliphatic hydroxyl groups is 5. The van der Waals surface area contributed by atoms with Gasteiger partial charge in [-0.05, 0) is 130 Å². The van der Waals surface area contributed by atoms with E-state index < -0.39 is 95.6 Å². The Morgan fingerprint density at radius 3 is 2.28 bits per heavy atom. The maximum absolute atomic E-state index is 14.6. The Hall–Kier alpha value is -2.68. The number of carbonyl (C=O) groups is 1. The molecule has 4 heterocycles. The molecule has 0 bridgehead atoms. The van der Waals surface area contributed by atoms with E-state index in [0.717, 1.165) is 17.7 Å². The first-order valence-electron chi connectivity index (χ1n) is 24.6. The summed E-state index contributed by atoms with van der Waals surface area (Å²) in [7, 11) is 5.35. The number of likely N-dealkylation sites (N-methyl/N-ethyl adjacent to an activating group) is 2. The number of ether oxygens (including phenoxy) is 5. The molecule has 3 aliphatic rings. The zero-order valence-corrected chi connectivity index (χ0v) is 42.4. The van der Waals surface area contributed by atoms with Gasteiger partial charge >= 0.3 is 5.97 Å². The summed E-state index contributed by atoms with van der Waals surface area (Å²) in [6, 6.07) is 5.53. The second-order valence-electron chi connectivity index (χ2n) is 21.2. The summed E-state index contributed by atoms with van der Waals surface area (Å²) in [6.45, 7) is 19.7. The van der Waals surface area contributed by atoms with E-state index in [-0.39, 0.29) is 43.1 Å². The van der Waals surface area contributed by atoms with E-state index in [0.29, 0.717) is 38.9 Å². The molecule has 3 aliphatic heterocycles. The molecule has 0 radical (unpaired) electrons. The molecular formula is C50H84FN5O11. The fourth-order valence-electron chi connectivity index (χ4n) is 11.3. The molecule has 5 N–H and O–H groups in total. The number of carbonyl (C=O) groups excluding carboxylic acids is 1. The third kappa shape index (κ3) is 13.2. The third-order valence-electron chi connectivity index (χ3n) is 15.5. The van der Waals surface area contributed by atoms with Gasteiger partial charge in [0, 0.05) is 50.8 Å². The van der Waals surface area contributed by atoms with Crippen molar-refractivity contribution in [2.75, 3.05) is 34.3 Å². The second kappa shape index (κ2) is 23.0. The number of hydrogen-bond acceptors (Lipinski definition) is 15. The number of aryl methyl sites for hydroxylation is 3. The van der Waals surface area contributed by atoms with Crippen LogP contribution < -0.4 is 0 Å². The fraction of sp³-hybridized carbons (Fsp3) is 0.820. The van der Waals surface area contributed by atoms with Gasteiger partial charge in [0.25, 0.3) is 0 Å². The zero-order valence-electron chi connectivity index (χ0n) is 42.4. The number of hydrogen-bond donors (Lipinski definition) is 5. The van der Waals surface area contributed by atoms with E-state index in [1.807, 2.05) is 59.8 Å². The first-order chi connectivity index (χ1) is 31.3. The monoisotopic (exact) mass is 950 g/mol. The first-order valence-corrected chi connectivity index (χ1v) is 24.6. The summed E-state index contributed by atoms with van der Waals surface area (Å²) in [5, 5.41) is 68.6. The molecule has 382 valence electrons. The second-order valence-corrected chi connectivity index (χ2v) is 21.2. The SMILES string of the molecule is CC[C@H]1OC(=O)[C@H](C)C([C@H]2C[C@@](C)(OC)[C@@H](O)[C@H](C)O2)[C@H](C)[C@@H](O[C@@H]2O[C@H](C)C[C@H](N(C)CCCc3cn(CCc4ccc(F)cc4)nn3)[C@H]2O)[C@](C)(O)C[C@@H](C)CN(C)[C@H](C)[C@@H](O)[C@]1(C)O. The van der Waals surface area contributed by atoms with Crippen LogP contribution in [0.4, 0.5) is 4.39 Å². The van der Waals surface area contributed by atoms with Gasteiger partial charge in [-0.1, -0.05) is 45.0 Å². The van der Waals surface area contributed by atoms with Crippen molar-refractivity contribution in [3.8, 4) is 0 Å². The lowest BCUT2D eigenvalue weighted by molar-refractivity contribution is -0.303. The molecule has 18 atom stereocenters. The highest BCUT2D eigenvalue weighted by Crippen LogP contribution is 2.45. The van der Waals surface area contributed by atoms with Crippen LogP contribution in [0.3, 0.4) is 0 Å². The molecule has 3 saturated heterocycles. The number of aliphatic hydroxyl groups excluding tert-OH is 3. The van der Waals surface area contributed by atoms with E-state index in [4.69, 9.17) is 23.7 Å². The molecule has 1 aromatic heterocycles. The highest BCUT2D eigenvalue weighted by atomic mass is 19.1. The Morgan fingerprint density at radius 1 is 0.970 bits per heavy atom. The molecule has 0 spiro atoms. The van der Waals surface area contributed by atoms with Crippen molar-refractivity contribution in [3.05, 3.63) is 47.5 Å². The molecular weight excluding hydrogens is 866 g/mol. The Bertz CT molecular complexity index is 1860. The number of esters is 1. The number of aromatic nitrogens is 3. The summed E-state index contributed by atoms with van der Waals surface area (Å²) in [4.78, 5) is 18.6. The highest BCUT2D eigenvalue weighted by Gasteiger charge is 2.55. The summed E-state index contributed by atoms with van der Waals surface area (Å²) in [5.41, 5.74) is -2.57. The Kier molecular flexibility index (Phi) is 19.0. The molecule has 5 rings (SSSR count). The van der Waals surface area contributed by atoms with Crippen LogP contribution in [0, 0.1) is 29.5 Å². The van der Waals surface area contributed by atoms with Gasteiger partial charge in [-0.2, -0.15) is 0 Å². The lowest BCUT2D eigenvalue weighted by atomic mass is 9.68. The smallest absolute Gasteiger partial charge is 0.309 e. The Balaban J connectivity index is 1.42. The molecule has 3 fully saturated rings. The van der Waals surface area contributed by atoms with Crippen LogP contribution in [-0.2, 0) is 47.9 Å². The number of benzene rings is 1. The molecule has 0 saturated carbocycles. The predicted molar refractivity (Wildman–Crippen MR) is 250 cm³/mol. The van der Waals surface area contributed by atoms with E-state index in [9.17, 15) is 34.7 Å². The maximum Gasteiger partial charge on any atom is 0.309 e.